The Morgan fingerprint density at radius 2 is 1.82 bits per heavy atom. The molecule has 0 fully saturated rings. The van der Waals surface area contributed by atoms with Crippen molar-refractivity contribution >= 4 is 23.3 Å². The highest BCUT2D eigenvalue weighted by atomic mass is 16.6. The number of ether oxygens (including phenoxy) is 1. The molecule has 0 bridgehead atoms. The summed E-state index contributed by atoms with van der Waals surface area (Å²) in [6, 6.07) is 14.8. The van der Waals surface area contributed by atoms with E-state index in [4.69, 9.17) is 4.74 Å². The highest BCUT2D eigenvalue weighted by molar-refractivity contribution is 5.98. The fourth-order valence-corrected chi connectivity index (χ4v) is 2.49. The summed E-state index contributed by atoms with van der Waals surface area (Å²) in [4.78, 5) is 39.2. The third-order valence-corrected chi connectivity index (χ3v) is 3.89. The van der Waals surface area contributed by atoms with Crippen molar-refractivity contribution in [3.8, 4) is 5.69 Å². The maximum atomic E-state index is 12.5. The highest BCUT2D eigenvalue weighted by Gasteiger charge is 2.24. The molecule has 0 saturated heterocycles. The van der Waals surface area contributed by atoms with Crippen LogP contribution in [0.15, 0.2) is 67.1 Å². The summed E-state index contributed by atoms with van der Waals surface area (Å²) >= 11 is 0. The quantitative estimate of drug-likeness (QED) is 0.399. The van der Waals surface area contributed by atoms with Crippen LogP contribution in [0.3, 0.4) is 0 Å². The van der Waals surface area contributed by atoms with Crippen molar-refractivity contribution in [3.05, 3.63) is 82.9 Å². The number of carbonyl (C=O) groups excluding carboxylic acids is 2. The first-order chi connectivity index (χ1) is 13.5. The van der Waals surface area contributed by atoms with E-state index in [0.29, 0.717) is 5.69 Å². The van der Waals surface area contributed by atoms with Crippen LogP contribution in [0.1, 0.15) is 17.4 Å². The monoisotopic (exact) mass is 380 g/mol. The molecule has 1 heterocycles. The van der Waals surface area contributed by atoms with E-state index in [2.05, 4.69) is 10.3 Å². The fourth-order valence-electron chi connectivity index (χ4n) is 2.49. The van der Waals surface area contributed by atoms with Gasteiger partial charge in [0.05, 0.1) is 17.4 Å². The van der Waals surface area contributed by atoms with Crippen molar-refractivity contribution < 1.29 is 19.2 Å². The molecule has 28 heavy (non-hydrogen) atoms. The average molecular weight is 380 g/mol. The average Bonchev–Trinajstić information content (AvgIpc) is 3.19. The lowest BCUT2D eigenvalue weighted by Crippen LogP contribution is -2.30. The molecule has 1 amide bonds. The van der Waals surface area contributed by atoms with Gasteiger partial charge in [0.2, 0.25) is 0 Å². The van der Waals surface area contributed by atoms with Crippen molar-refractivity contribution in [3.63, 3.8) is 0 Å². The number of nitro benzene ring substituents is 1. The molecule has 0 saturated carbocycles. The molecule has 0 aliphatic rings. The lowest BCUT2D eigenvalue weighted by atomic mass is 10.2. The third-order valence-electron chi connectivity index (χ3n) is 3.89. The number of para-hydroxylation sites is 3. The smallest absolute Gasteiger partial charge is 0.357 e. The number of benzene rings is 2. The molecule has 3 rings (SSSR count). The summed E-state index contributed by atoms with van der Waals surface area (Å²) in [5.41, 5.74) is 0.631. The zero-order valence-corrected chi connectivity index (χ0v) is 14.8. The number of nitrogens with zero attached hydrogens (tertiary/aromatic N) is 3. The molecular formula is C19H16N4O5. The maximum absolute atomic E-state index is 12.5. The molecule has 3 aromatic rings. The topological polar surface area (TPSA) is 116 Å². The van der Waals surface area contributed by atoms with Gasteiger partial charge >= 0.3 is 5.97 Å². The van der Waals surface area contributed by atoms with Gasteiger partial charge in [0.25, 0.3) is 11.6 Å². The first-order valence-electron chi connectivity index (χ1n) is 8.30. The van der Waals surface area contributed by atoms with Crippen LogP contribution in [-0.4, -0.2) is 32.5 Å². The molecule has 0 spiro atoms. The second-order valence-corrected chi connectivity index (χ2v) is 5.80. The van der Waals surface area contributed by atoms with Crippen molar-refractivity contribution in [1.29, 1.82) is 0 Å². The number of amides is 1. The second kappa shape index (κ2) is 8.12. The standard InChI is InChI=1S/C19H16N4O5/c1-13(18(24)21-15-9-5-6-10-16(15)23(26)27)28-19(25)17-11-20-12-22(17)14-7-3-2-4-8-14/h2-13H,1H3,(H,21,24)/t13-/m0/s1. The Hall–Kier alpha value is -4.01. The van der Waals surface area contributed by atoms with Gasteiger partial charge < -0.3 is 10.1 Å². The van der Waals surface area contributed by atoms with Crippen LogP contribution >= 0.6 is 0 Å². The van der Waals surface area contributed by atoms with E-state index in [-0.39, 0.29) is 17.1 Å². The third kappa shape index (κ3) is 4.04. The number of aromatic nitrogens is 2. The Bertz CT molecular complexity index is 1020. The van der Waals surface area contributed by atoms with Gasteiger partial charge in [0, 0.05) is 11.8 Å². The molecule has 0 aliphatic carbocycles. The van der Waals surface area contributed by atoms with Crippen LogP contribution in [0.25, 0.3) is 5.69 Å². The number of hydrogen-bond donors (Lipinski definition) is 1. The predicted molar refractivity (Wildman–Crippen MR) is 100 cm³/mol. The number of hydrogen-bond acceptors (Lipinski definition) is 6. The van der Waals surface area contributed by atoms with E-state index in [1.807, 2.05) is 18.2 Å². The summed E-state index contributed by atoms with van der Waals surface area (Å²) in [5.74, 6) is -1.43. The predicted octanol–water partition coefficient (Wildman–Crippen LogP) is 2.96. The molecule has 1 aromatic heterocycles. The molecule has 0 aliphatic heterocycles. The van der Waals surface area contributed by atoms with E-state index < -0.39 is 22.9 Å². The van der Waals surface area contributed by atoms with Gasteiger partial charge in [-0.2, -0.15) is 0 Å². The summed E-state index contributed by atoms with van der Waals surface area (Å²) in [6.07, 6.45) is 1.62. The zero-order valence-electron chi connectivity index (χ0n) is 14.8. The fraction of sp³-hybridized carbons (Fsp3) is 0.105. The minimum atomic E-state index is -1.17. The summed E-state index contributed by atoms with van der Waals surface area (Å²) in [6.45, 7) is 1.38. The van der Waals surface area contributed by atoms with Crippen LogP contribution in [0.4, 0.5) is 11.4 Å². The van der Waals surface area contributed by atoms with Crippen LogP contribution in [-0.2, 0) is 9.53 Å². The van der Waals surface area contributed by atoms with Crippen LogP contribution in [0.5, 0.6) is 0 Å². The summed E-state index contributed by atoms with van der Waals surface area (Å²) in [7, 11) is 0. The first-order valence-corrected chi connectivity index (χ1v) is 8.30. The Balaban J connectivity index is 1.71. The van der Waals surface area contributed by atoms with Crippen LogP contribution < -0.4 is 5.32 Å². The van der Waals surface area contributed by atoms with Gasteiger partial charge in [0.1, 0.15) is 5.69 Å². The number of carbonyl (C=O) groups is 2. The minimum Gasteiger partial charge on any atom is -0.448 e. The SMILES string of the molecule is C[C@H](OC(=O)c1cncn1-c1ccccc1)C(=O)Nc1ccccc1[N+](=O)[O-]. The number of imidazole rings is 1. The lowest BCUT2D eigenvalue weighted by molar-refractivity contribution is -0.383. The van der Waals surface area contributed by atoms with E-state index in [0.717, 1.165) is 0 Å². The van der Waals surface area contributed by atoms with Crippen molar-refractivity contribution in [1.82, 2.24) is 9.55 Å². The number of nitrogens with one attached hydrogen (secondary N) is 1. The number of anilines is 1. The zero-order chi connectivity index (χ0) is 20.1. The van der Waals surface area contributed by atoms with Crippen molar-refractivity contribution in [2.45, 2.75) is 13.0 Å². The van der Waals surface area contributed by atoms with E-state index >= 15 is 0 Å². The minimum absolute atomic E-state index is 0.0229. The van der Waals surface area contributed by atoms with Crippen LogP contribution in [0.2, 0.25) is 0 Å². The Kier molecular flexibility index (Phi) is 5.45. The molecule has 0 radical (unpaired) electrons. The van der Waals surface area contributed by atoms with Gasteiger partial charge in [-0.3, -0.25) is 19.5 Å². The maximum Gasteiger partial charge on any atom is 0.357 e. The molecule has 2 aromatic carbocycles. The second-order valence-electron chi connectivity index (χ2n) is 5.80. The van der Waals surface area contributed by atoms with Crippen molar-refractivity contribution in [2.24, 2.45) is 0 Å². The molecule has 0 unspecified atom stereocenters. The van der Waals surface area contributed by atoms with Gasteiger partial charge in [0.15, 0.2) is 11.8 Å². The van der Waals surface area contributed by atoms with E-state index in [1.165, 1.54) is 42.2 Å². The summed E-state index contributed by atoms with van der Waals surface area (Å²) in [5, 5.41) is 13.4. The van der Waals surface area contributed by atoms with Gasteiger partial charge in [-0.25, -0.2) is 9.78 Å². The Morgan fingerprint density at radius 1 is 1.14 bits per heavy atom. The molecule has 1 atom stereocenters. The van der Waals surface area contributed by atoms with Gasteiger partial charge in [-0.1, -0.05) is 30.3 Å². The Morgan fingerprint density at radius 3 is 2.54 bits per heavy atom. The molecular weight excluding hydrogens is 364 g/mol. The number of nitro groups is 1. The number of esters is 1. The number of rotatable bonds is 6. The van der Waals surface area contributed by atoms with Crippen molar-refractivity contribution in [2.75, 3.05) is 5.32 Å². The summed E-state index contributed by atoms with van der Waals surface area (Å²) < 4.78 is 6.75. The molecule has 1 N–H and O–H groups in total. The Labute approximate surface area is 159 Å². The largest absolute Gasteiger partial charge is 0.448 e. The van der Waals surface area contributed by atoms with E-state index in [1.54, 1.807) is 18.2 Å². The van der Waals surface area contributed by atoms with Gasteiger partial charge in [-0.05, 0) is 25.1 Å². The highest BCUT2D eigenvalue weighted by Crippen LogP contribution is 2.23. The first kappa shape index (κ1) is 18.8. The lowest BCUT2D eigenvalue weighted by Gasteiger charge is -2.14. The van der Waals surface area contributed by atoms with Gasteiger partial charge in [-0.15, -0.1) is 0 Å². The molecule has 9 heteroatoms. The van der Waals surface area contributed by atoms with Crippen LogP contribution in [0, 0.1) is 10.1 Å². The molecule has 9 nitrogen and oxygen atoms in total. The normalized spacial score (nSPS) is 11.5. The molecule has 142 valence electrons. The van der Waals surface area contributed by atoms with E-state index in [9.17, 15) is 19.7 Å².